The number of thiophene rings is 1. The summed E-state index contributed by atoms with van der Waals surface area (Å²) < 4.78 is 6.67. The number of Topliss-reactive ketones (excluding diaryl/α,β-unsaturated/α-hetero) is 1. The van der Waals surface area contributed by atoms with Crippen molar-refractivity contribution >= 4 is 44.7 Å². The van der Waals surface area contributed by atoms with Crippen LogP contribution in [0.15, 0.2) is 60.7 Å². The number of aryl methyl sites for hydroxylation is 1. The third-order valence-corrected chi connectivity index (χ3v) is 9.83. The van der Waals surface area contributed by atoms with Crippen LogP contribution in [0.25, 0.3) is 10.1 Å². The van der Waals surface area contributed by atoms with Crippen molar-refractivity contribution in [2.24, 2.45) is 11.5 Å². The molecule has 1 aromatic heterocycles. The van der Waals surface area contributed by atoms with E-state index in [1.807, 2.05) is 50.2 Å². The summed E-state index contributed by atoms with van der Waals surface area (Å²) in [6.07, 6.45) is 2.59. The first-order chi connectivity index (χ1) is 20.6. The van der Waals surface area contributed by atoms with E-state index in [1.54, 1.807) is 24.3 Å². The summed E-state index contributed by atoms with van der Waals surface area (Å²) in [6.45, 7) is 3.70. The maximum atomic E-state index is 14.2. The minimum absolute atomic E-state index is 0.00253. The second kappa shape index (κ2) is 11.1. The van der Waals surface area contributed by atoms with Crippen LogP contribution in [-0.2, 0) is 15.1 Å². The monoisotopic (exact) mass is 597 g/mol. The lowest BCUT2D eigenvalue weighted by atomic mass is 9.69. The predicted molar refractivity (Wildman–Crippen MR) is 168 cm³/mol. The van der Waals surface area contributed by atoms with Crippen LogP contribution in [0.1, 0.15) is 70.6 Å². The Kier molecular flexibility index (Phi) is 7.45. The van der Waals surface area contributed by atoms with Gasteiger partial charge in [0, 0.05) is 35.1 Å². The molecule has 0 radical (unpaired) electrons. The molecule has 2 aliphatic rings. The molecular formula is C33H35N5O4S. The number of hydrogen-bond donors (Lipinski definition) is 5. The van der Waals surface area contributed by atoms with Crippen LogP contribution in [0.5, 0.6) is 11.5 Å². The van der Waals surface area contributed by atoms with Gasteiger partial charge in [0.1, 0.15) is 17.0 Å². The van der Waals surface area contributed by atoms with Gasteiger partial charge in [-0.2, -0.15) is 0 Å². The highest BCUT2D eigenvalue weighted by Gasteiger charge is 2.49. The van der Waals surface area contributed by atoms with E-state index in [0.29, 0.717) is 61.7 Å². The number of para-hydroxylation sites is 1. The van der Waals surface area contributed by atoms with Crippen LogP contribution in [0.2, 0.25) is 0 Å². The molecule has 222 valence electrons. The van der Waals surface area contributed by atoms with Crippen molar-refractivity contribution in [3.63, 3.8) is 0 Å². The molecule has 2 amide bonds. The maximum Gasteiger partial charge on any atom is 0.261 e. The number of carbonyl (C=O) groups is 3. The number of carbonyl (C=O) groups excluding carboxylic acids is 3. The summed E-state index contributed by atoms with van der Waals surface area (Å²) in [4.78, 5) is 40.0. The Morgan fingerprint density at radius 3 is 2.40 bits per heavy atom. The minimum atomic E-state index is -1.56. The standard InChI is InChI=1S/C33H35N5O4S/c1-3-25(39)37-18-9-10-19(16-18)38-32(41)30-27-26-23(13-14-24(34)29(26)43-30)33(36,31(40)28(27)35)22-12-11-21(15-17(22)2)42-20-7-5-4-6-8-20/h4-8,11-15,18-19,28H,3,9-10,16,34-36H2,1-2H3,(H,37,39)(H,38,41)/t18-,19+,28?,33?/m1/s1. The molecule has 0 aliphatic heterocycles. The van der Waals surface area contributed by atoms with Gasteiger partial charge < -0.3 is 32.6 Å². The number of hydrogen-bond acceptors (Lipinski definition) is 8. The molecule has 2 unspecified atom stereocenters. The highest BCUT2D eigenvalue weighted by atomic mass is 32.1. The van der Waals surface area contributed by atoms with Gasteiger partial charge in [-0.05, 0) is 73.2 Å². The summed E-state index contributed by atoms with van der Waals surface area (Å²) in [6, 6.07) is 17.2. The van der Waals surface area contributed by atoms with Gasteiger partial charge >= 0.3 is 0 Å². The molecule has 0 bridgehead atoms. The lowest BCUT2D eigenvalue weighted by Gasteiger charge is -2.37. The van der Waals surface area contributed by atoms with E-state index in [1.165, 1.54) is 11.3 Å². The smallest absolute Gasteiger partial charge is 0.261 e. The number of ketones is 1. The average Bonchev–Trinajstić information content (AvgIpc) is 3.61. The fraction of sp³-hybridized carbons (Fsp3) is 0.303. The average molecular weight is 598 g/mol. The molecule has 8 N–H and O–H groups in total. The Labute approximate surface area is 253 Å². The van der Waals surface area contributed by atoms with Crippen molar-refractivity contribution in [2.45, 2.75) is 63.2 Å². The Bertz CT molecular complexity index is 1750. The fourth-order valence-corrected chi connectivity index (χ4v) is 7.62. The van der Waals surface area contributed by atoms with Gasteiger partial charge in [-0.3, -0.25) is 14.4 Å². The van der Waals surface area contributed by atoms with Gasteiger partial charge in [-0.15, -0.1) is 11.3 Å². The number of amides is 2. The van der Waals surface area contributed by atoms with Crippen molar-refractivity contribution in [1.29, 1.82) is 0 Å². The maximum absolute atomic E-state index is 14.2. The second-order valence-corrected chi connectivity index (χ2v) is 12.4. The molecule has 43 heavy (non-hydrogen) atoms. The molecule has 3 aromatic carbocycles. The molecular weight excluding hydrogens is 562 g/mol. The van der Waals surface area contributed by atoms with E-state index in [2.05, 4.69) is 10.6 Å². The zero-order valence-corrected chi connectivity index (χ0v) is 24.9. The Morgan fingerprint density at radius 2 is 1.70 bits per heavy atom. The second-order valence-electron chi connectivity index (χ2n) is 11.4. The lowest BCUT2D eigenvalue weighted by molar-refractivity contribution is -0.124. The molecule has 1 heterocycles. The fourth-order valence-electron chi connectivity index (χ4n) is 6.42. The van der Waals surface area contributed by atoms with E-state index in [9.17, 15) is 14.4 Å². The predicted octanol–water partition coefficient (Wildman–Crippen LogP) is 4.55. The van der Waals surface area contributed by atoms with E-state index in [0.717, 1.165) is 18.4 Å². The quantitative estimate of drug-likeness (QED) is 0.195. The third kappa shape index (κ3) is 4.95. The number of benzene rings is 3. The summed E-state index contributed by atoms with van der Waals surface area (Å²) in [5, 5.41) is 6.77. The van der Waals surface area contributed by atoms with Crippen LogP contribution in [0.3, 0.4) is 0 Å². The highest BCUT2D eigenvalue weighted by molar-refractivity contribution is 7.21. The third-order valence-electron chi connectivity index (χ3n) is 8.58. The molecule has 1 fully saturated rings. The van der Waals surface area contributed by atoms with Gasteiger partial charge in [-0.25, -0.2) is 0 Å². The summed E-state index contributed by atoms with van der Waals surface area (Å²) in [5.74, 6) is 0.601. The summed E-state index contributed by atoms with van der Waals surface area (Å²) in [5.41, 5.74) is 21.5. The molecule has 0 spiro atoms. The van der Waals surface area contributed by atoms with Crippen molar-refractivity contribution < 1.29 is 19.1 Å². The van der Waals surface area contributed by atoms with Crippen molar-refractivity contribution in [3.8, 4) is 11.5 Å². The van der Waals surface area contributed by atoms with Crippen molar-refractivity contribution in [1.82, 2.24) is 10.6 Å². The van der Waals surface area contributed by atoms with Crippen LogP contribution in [-0.4, -0.2) is 29.7 Å². The number of ether oxygens (including phenoxy) is 1. The van der Waals surface area contributed by atoms with E-state index in [-0.39, 0.29) is 23.9 Å². The summed E-state index contributed by atoms with van der Waals surface area (Å²) in [7, 11) is 0. The largest absolute Gasteiger partial charge is 0.457 e. The molecule has 6 rings (SSSR count). The van der Waals surface area contributed by atoms with Crippen LogP contribution in [0, 0.1) is 6.92 Å². The lowest BCUT2D eigenvalue weighted by Crippen LogP contribution is -2.53. The van der Waals surface area contributed by atoms with E-state index >= 15 is 0 Å². The SMILES string of the molecule is CCC(=O)N[C@@H]1CC[C@H](NC(=O)c2sc3c(N)ccc4c3c2C(N)C(=O)C4(N)c2ccc(Oc3ccccc3)cc2C)C1. The van der Waals surface area contributed by atoms with Gasteiger partial charge in [0.25, 0.3) is 5.91 Å². The number of rotatable bonds is 7. The molecule has 4 atom stereocenters. The first kappa shape index (κ1) is 28.9. The van der Waals surface area contributed by atoms with E-state index in [4.69, 9.17) is 21.9 Å². The Hall–Kier alpha value is -4.25. The highest BCUT2D eigenvalue weighted by Crippen LogP contribution is 2.50. The first-order valence-corrected chi connectivity index (χ1v) is 15.3. The van der Waals surface area contributed by atoms with Gasteiger partial charge in [0.15, 0.2) is 5.78 Å². The van der Waals surface area contributed by atoms with Gasteiger partial charge in [0.05, 0.1) is 15.6 Å². The van der Waals surface area contributed by atoms with Crippen molar-refractivity contribution in [3.05, 3.63) is 87.8 Å². The normalized spacial score (nSPS) is 22.9. The number of nitrogens with one attached hydrogen (secondary N) is 2. The van der Waals surface area contributed by atoms with Gasteiger partial charge in [0.2, 0.25) is 5.91 Å². The Morgan fingerprint density at radius 1 is 1.00 bits per heavy atom. The molecule has 9 nitrogen and oxygen atoms in total. The van der Waals surface area contributed by atoms with Crippen molar-refractivity contribution in [2.75, 3.05) is 5.73 Å². The Balaban J connectivity index is 1.36. The number of nitrogens with two attached hydrogens (primary N) is 3. The first-order valence-electron chi connectivity index (χ1n) is 14.5. The minimum Gasteiger partial charge on any atom is -0.457 e. The molecule has 1 saturated carbocycles. The molecule has 0 saturated heterocycles. The van der Waals surface area contributed by atoms with Crippen LogP contribution >= 0.6 is 11.3 Å². The van der Waals surface area contributed by atoms with Crippen LogP contribution < -0.4 is 32.6 Å². The molecule has 10 heteroatoms. The molecule has 4 aromatic rings. The van der Waals surface area contributed by atoms with Gasteiger partial charge in [-0.1, -0.05) is 37.3 Å². The zero-order valence-electron chi connectivity index (χ0n) is 24.1. The summed E-state index contributed by atoms with van der Waals surface area (Å²) >= 11 is 1.23. The molecule has 2 aliphatic carbocycles. The van der Waals surface area contributed by atoms with E-state index < -0.39 is 17.4 Å². The zero-order chi connectivity index (χ0) is 30.5. The van der Waals surface area contributed by atoms with Crippen LogP contribution in [0.4, 0.5) is 5.69 Å². The topological polar surface area (TPSA) is 163 Å². The number of nitrogen functional groups attached to an aromatic ring is 1. The number of anilines is 1.